The number of carboxylic acids is 1. The lowest BCUT2D eigenvalue weighted by molar-refractivity contribution is -0.142. The molecule has 0 aliphatic carbocycles. The van der Waals surface area contributed by atoms with E-state index >= 15 is 0 Å². The van der Waals surface area contributed by atoms with E-state index in [0.717, 1.165) is 0 Å². The molecular formula is C9H8Cl2O3. The van der Waals surface area contributed by atoms with Gasteiger partial charge in [-0.05, 0) is 6.07 Å². The molecule has 1 rings (SSSR count). The van der Waals surface area contributed by atoms with Crippen LogP contribution in [0.4, 0.5) is 0 Å². The highest BCUT2D eigenvalue weighted by Gasteiger charge is 2.12. The molecule has 0 aliphatic heterocycles. The largest absolute Gasteiger partial charge is 0.480 e. The van der Waals surface area contributed by atoms with Gasteiger partial charge < -0.3 is 9.84 Å². The fourth-order valence-corrected chi connectivity index (χ4v) is 1.44. The zero-order valence-corrected chi connectivity index (χ0v) is 8.63. The molecule has 5 heteroatoms. The fourth-order valence-electron chi connectivity index (χ4n) is 0.893. The van der Waals surface area contributed by atoms with Gasteiger partial charge in [-0.3, -0.25) is 0 Å². The fraction of sp³-hybridized carbons (Fsp3) is 0.222. The molecule has 3 nitrogen and oxygen atoms in total. The minimum Gasteiger partial charge on any atom is -0.480 e. The molecule has 1 aromatic rings. The normalized spacial score (nSPS) is 12.4. The summed E-state index contributed by atoms with van der Waals surface area (Å²) in [4.78, 5) is 10.2. The zero-order valence-electron chi connectivity index (χ0n) is 7.11. The van der Waals surface area contributed by atoms with Crippen LogP contribution >= 0.6 is 23.2 Å². The maximum Gasteiger partial charge on any atom is 0.329 e. The van der Waals surface area contributed by atoms with Gasteiger partial charge in [0, 0.05) is 10.6 Å². The molecule has 1 atom stereocenters. The number of benzene rings is 1. The van der Waals surface area contributed by atoms with Gasteiger partial charge in [0.05, 0.1) is 0 Å². The number of hydrogen-bond acceptors (Lipinski definition) is 2. The van der Waals surface area contributed by atoms with Gasteiger partial charge in [-0.15, -0.1) is 0 Å². The van der Waals surface area contributed by atoms with E-state index in [0.29, 0.717) is 10.6 Å². The maximum atomic E-state index is 10.2. The molecule has 0 bridgehead atoms. The number of aliphatic carboxylic acids is 1. The van der Waals surface area contributed by atoms with Crippen molar-refractivity contribution in [1.29, 1.82) is 0 Å². The van der Waals surface area contributed by atoms with E-state index in [1.54, 1.807) is 24.3 Å². The SMILES string of the molecule is O=C(O)COC(Cl)c1ccccc1Cl. The first kappa shape index (κ1) is 11.3. The van der Waals surface area contributed by atoms with Crippen LogP contribution in [0.3, 0.4) is 0 Å². The number of carbonyl (C=O) groups is 1. The average molecular weight is 235 g/mol. The highest BCUT2D eigenvalue weighted by atomic mass is 35.5. The Labute approximate surface area is 91.2 Å². The molecule has 1 N–H and O–H groups in total. The molecule has 0 amide bonds. The van der Waals surface area contributed by atoms with Crippen LogP contribution in [0.15, 0.2) is 24.3 Å². The van der Waals surface area contributed by atoms with Crippen LogP contribution in [-0.2, 0) is 9.53 Å². The number of rotatable bonds is 4. The zero-order chi connectivity index (χ0) is 10.6. The van der Waals surface area contributed by atoms with Crippen LogP contribution in [0, 0.1) is 0 Å². The second-order valence-corrected chi connectivity index (χ2v) is 3.35. The first-order chi connectivity index (χ1) is 6.61. The van der Waals surface area contributed by atoms with E-state index in [1.807, 2.05) is 0 Å². The lowest BCUT2D eigenvalue weighted by Crippen LogP contribution is -2.08. The Morgan fingerprint density at radius 2 is 2.14 bits per heavy atom. The van der Waals surface area contributed by atoms with Gasteiger partial charge in [0.15, 0.2) is 5.56 Å². The van der Waals surface area contributed by atoms with Crippen molar-refractivity contribution in [1.82, 2.24) is 0 Å². The Balaban J connectivity index is 2.65. The van der Waals surface area contributed by atoms with Crippen LogP contribution in [0.1, 0.15) is 11.1 Å². The number of alkyl halides is 1. The minimum absolute atomic E-state index is 0.445. The number of ether oxygens (including phenoxy) is 1. The van der Waals surface area contributed by atoms with Gasteiger partial charge in [0.2, 0.25) is 0 Å². The summed E-state index contributed by atoms with van der Waals surface area (Å²) in [6.07, 6.45) is 0. The van der Waals surface area contributed by atoms with Crippen LogP contribution < -0.4 is 0 Å². The standard InChI is InChI=1S/C9H8Cl2O3/c10-7-4-2-1-3-6(7)9(11)14-5-8(12)13/h1-4,9H,5H2,(H,12,13). The summed E-state index contributed by atoms with van der Waals surface area (Å²) < 4.78 is 4.85. The molecule has 1 aromatic carbocycles. The van der Waals surface area contributed by atoms with E-state index in [4.69, 9.17) is 33.0 Å². The summed E-state index contributed by atoms with van der Waals surface area (Å²) in [5.74, 6) is -1.07. The first-order valence-electron chi connectivity index (χ1n) is 3.83. The smallest absolute Gasteiger partial charge is 0.329 e. The van der Waals surface area contributed by atoms with Gasteiger partial charge in [0.25, 0.3) is 0 Å². The molecule has 0 radical (unpaired) electrons. The van der Waals surface area contributed by atoms with Gasteiger partial charge >= 0.3 is 5.97 Å². The van der Waals surface area contributed by atoms with Crippen molar-refractivity contribution in [2.75, 3.05) is 6.61 Å². The molecule has 1 unspecified atom stereocenters. The van der Waals surface area contributed by atoms with Crippen molar-refractivity contribution in [3.05, 3.63) is 34.9 Å². The topological polar surface area (TPSA) is 46.5 Å². The summed E-state index contributed by atoms with van der Waals surface area (Å²) in [5.41, 5.74) is -0.267. The van der Waals surface area contributed by atoms with Crippen LogP contribution in [0.25, 0.3) is 0 Å². The predicted octanol–water partition coefficient (Wildman–Crippen LogP) is 2.68. The van der Waals surface area contributed by atoms with Gasteiger partial charge in [-0.25, -0.2) is 4.79 Å². The Morgan fingerprint density at radius 1 is 1.50 bits per heavy atom. The molecule has 0 heterocycles. The van der Waals surface area contributed by atoms with E-state index in [-0.39, 0.29) is 0 Å². The summed E-state index contributed by atoms with van der Waals surface area (Å²) in [6, 6.07) is 6.85. The number of carboxylic acid groups (broad SMARTS) is 1. The van der Waals surface area contributed by atoms with Crippen molar-refractivity contribution >= 4 is 29.2 Å². The van der Waals surface area contributed by atoms with Crippen molar-refractivity contribution in [2.24, 2.45) is 0 Å². The summed E-state index contributed by atoms with van der Waals surface area (Å²) >= 11 is 11.6. The highest BCUT2D eigenvalue weighted by Crippen LogP contribution is 2.28. The number of hydrogen-bond donors (Lipinski definition) is 1. The van der Waals surface area contributed by atoms with E-state index in [2.05, 4.69) is 0 Å². The highest BCUT2D eigenvalue weighted by molar-refractivity contribution is 6.32. The molecular weight excluding hydrogens is 227 g/mol. The van der Waals surface area contributed by atoms with E-state index < -0.39 is 18.1 Å². The van der Waals surface area contributed by atoms with Crippen LogP contribution in [-0.4, -0.2) is 17.7 Å². The molecule has 0 saturated carbocycles. The average Bonchev–Trinajstić information content (AvgIpc) is 2.15. The van der Waals surface area contributed by atoms with E-state index in [1.165, 1.54) is 0 Å². The molecule has 0 spiro atoms. The summed E-state index contributed by atoms with van der Waals surface area (Å²) in [5, 5.41) is 8.82. The third kappa shape index (κ3) is 3.18. The second-order valence-electron chi connectivity index (χ2n) is 2.54. The van der Waals surface area contributed by atoms with Crippen molar-refractivity contribution < 1.29 is 14.6 Å². The maximum absolute atomic E-state index is 10.2. The first-order valence-corrected chi connectivity index (χ1v) is 4.64. The molecule has 76 valence electrons. The van der Waals surface area contributed by atoms with Crippen LogP contribution in [0.2, 0.25) is 5.02 Å². The van der Waals surface area contributed by atoms with Crippen molar-refractivity contribution in [2.45, 2.75) is 5.56 Å². The van der Waals surface area contributed by atoms with Crippen molar-refractivity contribution in [3.8, 4) is 0 Å². The summed E-state index contributed by atoms with van der Waals surface area (Å²) in [7, 11) is 0. The summed E-state index contributed by atoms with van der Waals surface area (Å²) in [6.45, 7) is -0.445. The van der Waals surface area contributed by atoms with Gasteiger partial charge in [-0.1, -0.05) is 41.4 Å². The molecule has 14 heavy (non-hydrogen) atoms. The Kier molecular flexibility index (Phi) is 4.20. The lowest BCUT2D eigenvalue weighted by Gasteiger charge is -2.10. The molecule has 0 fully saturated rings. The Hall–Kier alpha value is -0.770. The number of halogens is 2. The van der Waals surface area contributed by atoms with Gasteiger partial charge in [0.1, 0.15) is 6.61 Å². The Morgan fingerprint density at radius 3 is 2.71 bits per heavy atom. The van der Waals surface area contributed by atoms with Crippen LogP contribution in [0.5, 0.6) is 0 Å². The Bertz CT molecular complexity index is 328. The predicted molar refractivity (Wildman–Crippen MR) is 53.6 cm³/mol. The molecule has 0 aliphatic rings. The van der Waals surface area contributed by atoms with Gasteiger partial charge in [-0.2, -0.15) is 0 Å². The molecule has 0 saturated heterocycles. The lowest BCUT2D eigenvalue weighted by atomic mass is 10.2. The quantitative estimate of drug-likeness (QED) is 0.816. The second kappa shape index (κ2) is 5.20. The van der Waals surface area contributed by atoms with E-state index in [9.17, 15) is 4.79 Å². The van der Waals surface area contributed by atoms with Crippen molar-refractivity contribution in [3.63, 3.8) is 0 Å². The third-order valence-electron chi connectivity index (χ3n) is 1.50. The minimum atomic E-state index is -1.07. The third-order valence-corrected chi connectivity index (χ3v) is 2.21. The molecule has 0 aromatic heterocycles. The monoisotopic (exact) mass is 234 g/mol.